The van der Waals surface area contributed by atoms with E-state index in [-0.39, 0.29) is 11.9 Å². The second kappa shape index (κ2) is 12.3. The van der Waals surface area contributed by atoms with E-state index in [1.165, 1.54) is 30.4 Å². The first kappa shape index (κ1) is 25.4. The largest absolute Gasteiger partial charge is 0.465 e. The van der Waals surface area contributed by atoms with Crippen LogP contribution in [0.2, 0.25) is 0 Å². The van der Waals surface area contributed by atoms with Crippen LogP contribution in [0.1, 0.15) is 73.9 Å². The third-order valence-electron chi connectivity index (χ3n) is 6.86. The van der Waals surface area contributed by atoms with Crippen molar-refractivity contribution >= 4 is 40.2 Å². The highest BCUT2D eigenvalue weighted by Crippen LogP contribution is 2.32. The number of nitrogens with one attached hydrogen (secondary N) is 2. The Morgan fingerprint density at radius 1 is 1.14 bits per heavy atom. The molecular formula is C29H36N2O3S. The van der Waals surface area contributed by atoms with E-state index in [2.05, 4.69) is 36.3 Å². The molecule has 0 aliphatic heterocycles. The molecular weight excluding hydrogens is 456 g/mol. The lowest BCUT2D eigenvalue weighted by Gasteiger charge is -2.14. The van der Waals surface area contributed by atoms with Gasteiger partial charge in [-0.1, -0.05) is 45.2 Å². The van der Waals surface area contributed by atoms with E-state index < -0.39 is 0 Å². The number of aryl methyl sites for hydroxylation is 2. The first-order valence-electron chi connectivity index (χ1n) is 12.9. The van der Waals surface area contributed by atoms with Crippen molar-refractivity contribution in [3.05, 3.63) is 59.3 Å². The minimum Gasteiger partial charge on any atom is -0.465 e. The first-order valence-corrected chi connectivity index (χ1v) is 13.9. The lowest BCUT2D eigenvalue weighted by Crippen LogP contribution is -2.14. The maximum absolute atomic E-state index is 13.2. The van der Waals surface area contributed by atoms with Crippen LogP contribution in [0.15, 0.2) is 47.5 Å². The van der Waals surface area contributed by atoms with Crippen LogP contribution in [-0.4, -0.2) is 29.2 Å². The molecule has 0 fully saturated rings. The molecule has 2 aromatic carbocycles. The van der Waals surface area contributed by atoms with Gasteiger partial charge in [0.2, 0.25) is 0 Å². The molecule has 35 heavy (non-hydrogen) atoms. The number of ether oxygens (including phenoxy) is 1. The molecule has 1 unspecified atom stereocenters. The number of benzene rings is 2. The fraction of sp³-hybridized carbons (Fsp3) is 0.448. The quantitative estimate of drug-likeness (QED) is 0.208. The molecule has 1 amide bonds. The summed E-state index contributed by atoms with van der Waals surface area (Å²) in [6.07, 6.45) is 9.99. The van der Waals surface area contributed by atoms with E-state index in [4.69, 9.17) is 4.74 Å². The van der Waals surface area contributed by atoms with Gasteiger partial charge >= 0.3 is 5.97 Å². The third-order valence-corrected chi connectivity index (χ3v) is 7.92. The lowest BCUT2D eigenvalue weighted by atomic mass is 10.0. The molecule has 4 rings (SSSR count). The molecule has 1 heterocycles. The van der Waals surface area contributed by atoms with E-state index in [9.17, 15) is 9.59 Å². The number of hydrogen-bond donors (Lipinski definition) is 2. The minimum atomic E-state index is -0.150. The number of hydrogen-bond acceptors (Lipinski definition) is 4. The fourth-order valence-corrected chi connectivity index (χ4v) is 5.75. The number of fused-ring (bicyclic) bond motifs is 2. The predicted molar refractivity (Wildman–Crippen MR) is 144 cm³/mol. The number of carbonyl (C=O) groups excluding carboxylic acids is 2. The van der Waals surface area contributed by atoms with Crippen LogP contribution in [0.4, 0.5) is 5.69 Å². The number of carbonyl (C=O) groups is 2. The molecule has 6 heteroatoms. The number of thioether (sulfide) groups is 1. The van der Waals surface area contributed by atoms with Crippen molar-refractivity contribution in [3.63, 3.8) is 0 Å². The molecule has 2 N–H and O–H groups in total. The number of H-pyrrole nitrogens is 1. The van der Waals surface area contributed by atoms with Gasteiger partial charge in [-0.15, -0.1) is 11.8 Å². The van der Waals surface area contributed by atoms with Crippen LogP contribution in [0.5, 0.6) is 0 Å². The summed E-state index contributed by atoms with van der Waals surface area (Å²) < 4.78 is 5.54. The summed E-state index contributed by atoms with van der Waals surface area (Å²) >= 11 is 1.59. The summed E-state index contributed by atoms with van der Waals surface area (Å²) in [5, 5.41) is 3.97. The molecule has 186 valence electrons. The zero-order valence-corrected chi connectivity index (χ0v) is 21.6. The molecule has 0 saturated heterocycles. The molecule has 1 aromatic heterocycles. The number of aromatic nitrogens is 1. The number of unbranched alkanes of at least 4 members (excludes halogenated alkanes) is 1. The summed E-state index contributed by atoms with van der Waals surface area (Å²) in [5.41, 5.74) is 5.09. The Hall–Kier alpha value is -2.73. The smallest absolute Gasteiger partial charge is 0.306 e. The first-order chi connectivity index (χ1) is 17.1. The van der Waals surface area contributed by atoms with Gasteiger partial charge in [0, 0.05) is 33.4 Å². The van der Waals surface area contributed by atoms with E-state index in [0.29, 0.717) is 30.3 Å². The van der Waals surface area contributed by atoms with Crippen LogP contribution in [0.3, 0.4) is 0 Å². The Morgan fingerprint density at radius 3 is 2.83 bits per heavy atom. The second-order valence-corrected chi connectivity index (χ2v) is 10.5. The average molecular weight is 493 g/mol. The van der Waals surface area contributed by atoms with Crippen molar-refractivity contribution in [1.82, 2.24) is 4.98 Å². The summed E-state index contributed by atoms with van der Waals surface area (Å²) in [6, 6.07) is 12.2. The maximum atomic E-state index is 13.2. The van der Waals surface area contributed by atoms with Gasteiger partial charge in [-0.3, -0.25) is 9.59 Å². The van der Waals surface area contributed by atoms with Gasteiger partial charge in [-0.05, 0) is 67.0 Å². The highest BCUT2D eigenvalue weighted by atomic mass is 32.2. The van der Waals surface area contributed by atoms with Gasteiger partial charge in [0.25, 0.3) is 5.91 Å². The van der Waals surface area contributed by atoms with Crippen LogP contribution < -0.4 is 5.32 Å². The normalized spacial score (nSPS) is 13.5. The van der Waals surface area contributed by atoms with E-state index in [1.54, 1.807) is 18.0 Å². The maximum Gasteiger partial charge on any atom is 0.306 e. The number of aromatic amines is 1. The lowest BCUT2D eigenvalue weighted by molar-refractivity contribution is -0.144. The minimum absolute atomic E-state index is 0.126. The number of rotatable bonds is 12. The van der Waals surface area contributed by atoms with Gasteiger partial charge in [0.1, 0.15) is 0 Å². The Morgan fingerprint density at radius 2 is 2.00 bits per heavy atom. The zero-order chi connectivity index (χ0) is 24.6. The van der Waals surface area contributed by atoms with E-state index >= 15 is 0 Å². The number of amides is 1. The molecule has 0 radical (unpaired) electrons. The Balaban J connectivity index is 1.36. The summed E-state index contributed by atoms with van der Waals surface area (Å²) in [4.78, 5) is 29.7. The highest BCUT2D eigenvalue weighted by Gasteiger charge is 2.18. The number of esters is 1. The van der Waals surface area contributed by atoms with Crippen LogP contribution in [0.25, 0.3) is 10.9 Å². The topological polar surface area (TPSA) is 71.2 Å². The van der Waals surface area contributed by atoms with Crippen molar-refractivity contribution in [2.24, 2.45) is 5.92 Å². The van der Waals surface area contributed by atoms with Crippen molar-refractivity contribution in [1.29, 1.82) is 0 Å². The Labute approximate surface area is 212 Å². The summed E-state index contributed by atoms with van der Waals surface area (Å²) in [6.45, 7) is 4.85. The molecule has 1 atom stereocenters. The van der Waals surface area contributed by atoms with Crippen molar-refractivity contribution in [2.75, 3.05) is 17.7 Å². The molecule has 1 aliphatic rings. The Bertz CT molecular complexity index is 1170. The molecule has 1 aliphatic carbocycles. The standard InChI is InChI=1S/C29H36N2O3S/c1-3-5-8-20(4-2)19-34-27(32)15-16-35-26-12-7-11-25-28(26)24(18-30-25)29(33)31-23-14-13-21-9-6-10-22(21)17-23/h7,11-14,17-18,20,30H,3-6,8-10,15-16,19H2,1-2H3,(H,31,33). The third kappa shape index (κ3) is 6.49. The van der Waals surface area contributed by atoms with Gasteiger partial charge in [-0.2, -0.15) is 0 Å². The van der Waals surface area contributed by atoms with E-state index in [1.807, 2.05) is 24.3 Å². The van der Waals surface area contributed by atoms with Gasteiger partial charge in [-0.25, -0.2) is 0 Å². The van der Waals surface area contributed by atoms with Gasteiger partial charge in [0.05, 0.1) is 18.6 Å². The SMILES string of the molecule is CCCCC(CC)COC(=O)CCSc1cccc2[nH]cc(C(=O)Nc3ccc4c(c3)CCC4)c12. The van der Waals surface area contributed by atoms with E-state index in [0.717, 1.165) is 47.2 Å². The van der Waals surface area contributed by atoms with Crippen molar-refractivity contribution in [3.8, 4) is 0 Å². The van der Waals surface area contributed by atoms with Gasteiger partial charge < -0.3 is 15.0 Å². The average Bonchev–Trinajstić information content (AvgIpc) is 3.51. The van der Waals surface area contributed by atoms with Gasteiger partial charge in [0.15, 0.2) is 0 Å². The van der Waals surface area contributed by atoms with Crippen LogP contribution >= 0.6 is 11.8 Å². The zero-order valence-electron chi connectivity index (χ0n) is 20.8. The highest BCUT2D eigenvalue weighted by molar-refractivity contribution is 7.99. The van der Waals surface area contributed by atoms with Crippen LogP contribution in [-0.2, 0) is 22.4 Å². The second-order valence-electron chi connectivity index (χ2n) is 9.37. The fourth-order valence-electron chi connectivity index (χ4n) is 4.72. The van der Waals surface area contributed by atoms with Crippen molar-refractivity contribution < 1.29 is 14.3 Å². The predicted octanol–water partition coefficient (Wildman–Crippen LogP) is 7.15. The number of anilines is 1. The molecule has 5 nitrogen and oxygen atoms in total. The Kier molecular flexibility index (Phi) is 8.91. The molecule has 0 saturated carbocycles. The summed E-state index contributed by atoms with van der Waals surface area (Å²) in [5.74, 6) is 0.787. The van der Waals surface area contributed by atoms with Crippen molar-refractivity contribution in [2.45, 2.75) is 70.1 Å². The summed E-state index contributed by atoms with van der Waals surface area (Å²) in [7, 11) is 0. The molecule has 0 bridgehead atoms. The monoisotopic (exact) mass is 492 g/mol. The molecule has 3 aromatic rings. The van der Waals surface area contributed by atoms with Crippen LogP contribution in [0, 0.1) is 5.92 Å². The molecule has 0 spiro atoms.